The van der Waals surface area contributed by atoms with Crippen LogP contribution in [0.15, 0.2) is 91.0 Å². The van der Waals surface area contributed by atoms with Crippen LogP contribution in [0.25, 0.3) is 0 Å². The first kappa shape index (κ1) is 18.1. The summed E-state index contributed by atoms with van der Waals surface area (Å²) in [5, 5.41) is 0. The van der Waals surface area contributed by atoms with E-state index in [0.717, 1.165) is 32.3 Å². The van der Waals surface area contributed by atoms with Gasteiger partial charge in [0, 0.05) is 25.6 Å². The van der Waals surface area contributed by atoms with Crippen molar-refractivity contribution in [1.29, 1.82) is 0 Å². The van der Waals surface area contributed by atoms with Crippen LogP contribution in [0.1, 0.15) is 16.7 Å². The second-order valence-electron chi connectivity index (χ2n) is 6.73. The predicted molar refractivity (Wildman–Crippen MR) is 107 cm³/mol. The predicted octanol–water partition coefficient (Wildman–Crippen LogP) is 4.75. The van der Waals surface area contributed by atoms with E-state index in [-0.39, 0.29) is 5.92 Å². The molecule has 2 heteroatoms. The van der Waals surface area contributed by atoms with Gasteiger partial charge in [-0.15, -0.1) is 0 Å². The molecule has 0 unspecified atom stereocenters. The van der Waals surface area contributed by atoms with E-state index < -0.39 is 0 Å². The lowest BCUT2D eigenvalue weighted by molar-refractivity contribution is -0.111. The summed E-state index contributed by atoms with van der Waals surface area (Å²) in [6, 6.07) is 31.2. The minimum Gasteiger partial charge on any atom is -0.303 e. The minimum atomic E-state index is -0.00942. The van der Waals surface area contributed by atoms with Gasteiger partial charge >= 0.3 is 0 Å². The fourth-order valence-corrected chi connectivity index (χ4v) is 3.27. The molecule has 0 amide bonds. The molecule has 0 N–H and O–H groups in total. The highest BCUT2D eigenvalue weighted by Crippen LogP contribution is 2.15. The molecule has 3 rings (SSSR count). The highest BCUT2D eigenvalue weighted by molar-refractivity contribution is 5.54. The highest BCUT2D eigenvalue weighted by atomic mass is 16.1. The molecule has 0 heterocycles. The minimum absolute atomic E-state index is 0.00942. The van der Waals surface area contributed by atoms with Gasteiger partial charge in [0.2, 0.25) is 0 Å². The average molecular weight is 343 g/mol. The monoisotopic (exact) mass is 343 g/mol. The summed E-state index contributed by atoms with van der Waals surface area (Å²) in [5.74, 6) is -0.00942. The molecule has 26 heavy (non-hydrogen) atoms. The van der Waals surface area contributed by atoms with Crippen LogP contribution in [-0.2, 0) is 24.3 Å². The molecule has 0 saturated carbocycles. The Kier molecular flexibility index (Phi) is 6.74. The van der Waals surface area contributed by atoms with Crippen LogP contribution in [0.5, 0.6) is 0 Å². The Balaban J connectivity index is 1.71. The molecule has 0 aromatic heterocycles. The maximum atomic E-state index is 11.7. The third-order valence-electron chi connectivity index (χ3n) is 4.52. The zero-order chi connectivity index (χ0) is 18.0. The van der Waals surface area contributed by atoms with Gasteiger partial charge in [-0.3, -0.25) is 4.90 Å². The number of nitrogens with zero attached hydrogens (tertiary/aromatic N) is 1. The normalized spacial score (nSPS) is 12.0. The van der Waals surface area contributed by atoms with Crippen LogP contribution in [0.4, 0.5) is 0 Å². The van der Waals surface area contributed by atoms with E-state index >= 15 is 0 Å². The summed E-state index contributed by atoms with van der Waals surface area (Å²) in [4.78, 5) is 14.1. The number of hydrogen-bond acceptors (Lipinski definition) is 2. The van der Waals surface area contributed by atoms with E-state index in [2.05, 4.69) is 65.6 Å². The van der Waals surface area contributed by atoms with E-state index in [1.807, 2.05) is 30.3 Å². The van der Waals surface area contributed by atoms with Gasteiger partial charge in [-0.1, -0.05) is 91.0 Å². The molecular formula is C24H25NO. The summed E-state index contributed by atoms with van der Waals surface area (Å²) in [5.41, 5.74) is 3.75. The average Bonchev–Trinajstić information content (AvgIpc) is 2.70. The zero-order valence-corrected chi connectivity index (χ0v) is 15.0. The third kappa shape index (κ3) is 5.68. The molecule has 3 aromatic carbocycles. The van der Waals surface area contributed by atoms with Gasteiger partial charge in [0.05, 0.1) is 0 Å². The lowest BCUT2D eigenvalue weighted by Crippen LogP contribution is -2.30. The number of aldehydes is 1. The Morgan fingerprint density at radius 1 is 0.654 bits per heavy atom. The lowest BCUT2D eigenvalue weighted by Gasteiger charge is -2.25. The molecule has 132 valence electrons. The second kappa shape index (κ2) is 9.69. The molecule has 2 nitrogen and oxygen atoms in total. The van der Waals surface area contributed by atoms with E-state index in [0.29, 0.717) is 0 Å². The number of hydrogen-bond donors (Lipinski definition) is 0. The molecule has 0 aliphatic heterocycles. The fraction of sp³-hybridized carbons (Fsp3) is 0.208. The van der Waals surface area contributed by atoms with Crippen molar-refractivity contribution in [1.82, 2.24) is 4.90 Å². The Labute approximate surface area is 156 Å². The summed E-state index contributed by atoms with van der Waals surface area (Å²) in [6.45, 7) is 2.44. The van der Waals surface area contributed by atoms with Gasteiger partial charge in [0.15, 0.2) is 0 Å². The molecule has 0 bridgehead atoms. The number of benzene rings is 3. The Hall–Kier alpha value is -2.71. The highest BCUT2D eigenvalue weighted by Gasteiger charge is 2.15. The van der Waals surface area contributed by atoms with E-state index in [1.54, 1.807) is 0 Å². The first-order valence-electron chi connectivity index (χ1n) is 9.13. The van der Waals surface area contributed by atoms with Crippen molar-refractivity contribution in [2.45, 2.75) is 19.5 Å². The van der Waals surface area contributed by atoms with E-state index in [9.17, 15) is 4.79 Å². The molecule has 0 aliphatic rings. The summed E-state index contributed by atoms with van der Waals surface area (Å²) in [6.07, 6.45) is 1.89. The van der Waals surface area contributed by atoms with Crippen molar-refractivity contribution in [2.75, 3.05) is 6.54 Å². The fourth-order valence-electron chi connectivity index (χ4n) is 3.27. The topological polar surface area (TPSA) is 20.3 Å². The van der Waals surface area contributed by atoms with Crippen LogP contribution in [0, 0.1) is 5.92 Å². The first-order valence-corrected chi connectivity index (χ1v) is 9.13. The van der Waals surface area contributed by atoms with Crippen LogP contribution in [0.3, 0.4) is 0 Å². The summed E-state index contributed by atoms with van der Waals surface area (Å²) in [7, 11) is 0. The molecular weight excluding hydrogens is 318 g/mol. The van der Waals surface area contributed by atoms with Gasteiger partial charge < -0.3 is 4.79 Å². The second-order valence-corrected chi connectivity index (χ2v) is 6.73. The molecule has 1 atom stereocenters. The van der Waals surface area contributed by atoms with Crippen molar-refractivity contribution in [2.24, 2.45) is 5.92 Å². The van der Waals surface area contributed by atoms with Gasteiger partial charge in [0.25, 0.3) is 0 Å². The standard InChI is InChI=1S/C24H25NO/c26-20-24(16-21-10-4-1-5-11-21)19-25(17-22-12-6-2-7-13-22)18-23-14-8-3-9-15-23/h1-15,20,24H,16-19H2/t24-/m1/s1. The van der Waals surface area contributed by atoms with Gasteiger partial charge in [-0.25, -0.2) is 0 Å². The molecule has 0 spiro atoms. The zero-order valence-electron chi connectivity index (χ0n) is 15.0. The number of carbonyl (C=O) groups is 1. The SMILES string of the molecule is O=C[C@H](Cc1ccccc1)CN(Cc1ccccc1)Cc1ccccc1. The van der Waals surface area contributed by atoms with Gasteiger partial charge in [-0.05, 0) is 23.1 Å². The quantitative estimate of drug-likeness (QED) is 0.523. The van der Waals surface area contributed by atoms with Crippen molar-refractivity contribution in [3.8, 4) is 0 Å². The molecule has 0 fully saturated rings. The van der Waals surface area contributed by atoms with E-state index in [1.165, 1.54) is 16.7 Å². The Morgan fingerprint density at radius 3 is 1.50 bits per heavy atom. The summed E-state index contributed by atoms with van der Waals surface area (Å²) >= 11 is 0. The molecule has 0 saturated heterocycles. The molecule has 3 aromatic rings. The lowest BCUT2D eigenvalue weighted by atomic mass is 9.99. The largest absolute Gasteiger partial charge is 0.303 e. The third-order valence-corrected chi connectivity index (χ3v) is 4.52. The maximum absolute atomic E-state index is 11.7. The number of carbonyl (C=O) groups excluding carboxylic acids is 1. The Bertz CT molecular complexity index is 730. The van der Waals surface area contributed by atoms with Gasteiger partial charge in [-0.2, -0.15) is 0 Å². The van der Waals surface area contributed by atoms with Crippen LogP contribution < -0.4 is 0 Å². The van der Waals surface area contributed by atoms with Crippen LogP contribution in [-0.4, -0.2) is 17.7 Å². The Morgan fingerprint density at radius 2 is 1.08 bits per heavy atom. The smallest absolute Gasteiger partial charge is 0.124 e. The summed E-state index contributed by atoms with van der Waals surface area (Å²) < 4.78 is 0. The van der Waals surface area contributed by atoms with Crippen LogP contribution >= 0.6 is 0 Å². The molecule has 0 radical (unpaired) electrons. The van der Waals surface area contributed by atoms with Crippen molar-refractivity contribution in [3.05, 3.63) is 108 Å². The first-order chi connectivity index (χ1) is 12.8. The van der Waals surface area contributed by atoms with Gasteiger partial charge in [0.1, 0.15) is 6.29 Å². The van der Waals surface area contributed by atoms with Crippen molar-refractivity contribution < 1.29 is 4.79 Å². The van der Waals surface area contributed by atoms with Crippen LogP contribution in [0.2, 0.25) is 0 Å². The number of rotatable bonds is 9. The van der Waals surface area contributed by atoms with Crippen molar-refractivity contribution in [3.63, 3.8) is 0 Å². The van der Waals surface area contributed by atoms with E-state index in [4.69, 9.17) is 0 Å². The maximum Gasteiger partial charge on any atom is 0.124 e. The van der Waals surface area contributed by atoms with Crippen molar-refractivity contribution >= 4 is 6.29 Å². The molecule has 0 aliphatic carbocycles.